The molecular weight excluding hydrogens is 362 g/mol. The quantitative estimate of drug-likeness (QED) is 0.719. The van der Waals surface area contributed by atoms with Crippen molar-refractivity contribution in [2.75, 3.05) is 6.61 Å². The summed E-state index contributed by atoms with van der Waals surface area (Å²) in [6, 6.07) is 6.97. The number of nitrogens with one attached hydrogen (secondary N) is 1. The Morgan fingerprint density at radius 3 is 2.30 bits per heavy atom. The SMILES string of the molecule is CCOC(=O)C[C@@H](NC(=O)C12CC3CC(CC(C3)C1)C2)c1ccccc1Cl. The maximum atomic E-state index is 13.4. The molecule has 0 unspecified atom stereocenters. The zero-order valence-electron chi connectivity index (χ0n) is 15.9. The van der Waals surface area contributed by atoms with Gasteiger partial charge in [0.1, 0.15) is 0 Å². The molecule has 1 N–H and O–H groups in total. The molecular formula is C22H28ClNO3. The highest BCUT2D eigenvalue weighted by molar-refractivity contribution is 6.31. The highest BCUT2D eigenvalue weighted by Crippen LogP contribution is 2.60. The van der Waals surface area contributed by atoms with E-state index in [1.165, 1.54) is 19.3 Å². The van der Waals surface area contributed by atoms with E-state index in [1.807, 2.05) is 18.2 Å². The van der Waals surface area contributed by atoms with Gasteiger partial charge in [0.2, 0.25) is 5.91 Å². The average molecular weight is 390 g/mol. The number of benzene rings is 1. The fourth-order valence-corrected chi connectivity index (χ4v) is 6.35. The molecule has 0 aliphatic heterocycles. The molecule has 1 aromatic rings. The largest absolute Gasteiger partial charge is 0.466 e. The van der Waals surface area contributed by atoms with Crippen LogP contribution in [-0.2, 0) is 14.3 Å². The topological polar surface area (TPSA) is 55.4 Å². The summed E-state index contributed by atoms with van der Waals surface area (Å²) >= 11 is 6.38. The van der Waals surface area contributed by atoms with Gasteiger partial charge in [-0.15, -0.1) is 0 Å². The predicted molar refractivity (Wildman–Crippen MR) is 104 cm³/mol. The van der Waals surface area contributed by atoms with Crippen LogP contribution >= 0.6 is 11.6 Å². The highest BCUT2D eigenvalue weighted by Gasteiger charge is 2.54. The average Bonchev–Trinajstić information content (AvgIpc) is 2.60. The Balaban J connectivity index is 1.55. The van der Waals surface area contributed by atoms with Gasteiger partial charge in [0, 0.05) is 10.4 Å². The number of ether oxygens (including phenoxy) is 1. The zero-order chi connectivity index (χ0) is 19.0. The van der Waals surface area contributed by atoms with E-state index in [4.69, 9.17) is 16.3 Å². The van der Waals surface area contributed by atoms with Gasteiger partial charge < -0.3 is 10.1 Å². The molecule has 0 spiro atoms. The summed E-state index contributed by atoms with van der Waals surface area (Å²) in [5.74, 6) is 1.89. The Morgan fingerprint density at radius 2 is 1.74 bits per heavy atom. The number of hydrogen-bond acceptors (Lipinski definition) is 3. The second-order valence-electron chi connectivity index (χ2n) is 8.75. The Hall–Kier alpha value is -1.55. The van der Waals surface area contributed by atoms with Crippen LogP contribution in [0.3, 0.4) is 0 Å². The molecule has 5 heteroatoms. The van der Waals surface area contributed by atoms with Gasteiger partial charge >= 0.3 is 5.97 Å². The van der Waals surface area contributed by atoms with Crippen LogP contribution in [0, 0.1) is 23.2 Å². The molecule has 146 valence electrons. The third-order valence-corrected chi connectivity index (χ3v) is 7.13. The number of carbonyl (C=O) groups is 2. The summed E-state index contributed by atoms with van der Waals surface area (Å²) in [6.45, 7) is 2.12. The van der Waals surface area contributed by atoms with E-state index in [0.717, 1.165) is 24.8 Å². The van der Waals surface area contributed by atoms with Crippen LogP contribution in [-0.4, -0.2) is 18.5 Å². The van der Waals surface area contributed by atoms with Crippen LogP contribution in [0.4, 0.5) is 0 Å². The first kappa shape index (κ1) is 18.8. The maximum absolute atomic E-state index is 13.4. The van der Waals surface area contributed by atoms with Crippen LogP contribution in [0.15, 0.2) is 24.3 Å². The summed E-state index contributed by atoms with van der Waals surface area (Å²) < 4.78 is 5.13. The first-order valence-electron chi connectivity index (χ1n) is 10.2. The fraction of sp³-hybridized carbons (Fsp3) is 0.636. The zero-order valence-corrected chi connectivity index (χ0v) is 16.6. The van der Waals surface area contributed by atoms with Crippen LogP contribution in [0.1, 0.15) is 63.5 Å². The van der Waals surface area contributed by atoms with E-state index in [2.05, 4.69) is 5.32 Å². The minimum Gasteiger partial charge on any atom is -0.466 e. The normalized spacial score (nSPS) is 32.1. The molecule has 4 aliphatic carbocycles. The van der Waals surface area contributed by atoms with Crippen molar-refractivity contribution in [3.8, 4) is 0 Å². The molecule has 0 saturated heterocycles. The third-order valence-electron chi connectivity index (χ3n) is 6.78. The van der Waals surface area contributed by atoms with Gasteiger partial charge in [0.25, 0.3) is 0 Å². The van der Waals surface area contributed by atoms with Crippen molar-refractivity contribution in [2.24, 2.45) is 23.2 Å². The second-order valence-corrected chi connectivity index (χ2v) is 9.16. The number of rotatable bonds is 6. The van der Waals surface area contributed by atoms with Gasteiger partial charge in [-0.3, -0.25) is 9.59 Å². The van der Waals surface area contributed by atoms with Crippen LogP contribution < -0.4 is 5.32 Å². The third kappa shape index (κ3) is 3.73. The standard InChI is InChI=1S/C22H28ClNO3/c1-2-27-20(25)10-19(17-5-3-4-6-18(17)23)24-21(26)22-11-14-7-15(12-22)9-16(8-14)13-22/h3-6,14-16,19H,2,7-13H2,1H3,(H,24,26)/t14?,15?,16?,19-,22?/m1/s1. The van der Waals surface area contributed by atoms with Crippen LogP contribution in [0.5, 0.6) is 0 Å². The lowest BCUT2D eigenvalue weighted by atomic mass is 9.49. The van der Waals surface area contributed by atoms with E-state index >= 15 is 0 Å². The van der Waals surface area contributed by atoms with Crippen molar-refractivity contribution in [2.45, 2.75) is 57.9 Å². The minimum absolute atomic E-state index is 0.107. The Bertz CT molecular complexity index is 697. The molecule has 4 aliphatic rings. The molecule has 27 heavy (non-hydrogen) atoms. The summed E-state index contributed by atoms with van der Waals surface area (Å²) in [7, 11) is 0. The van der Waals surface area contributed by atoms with Gasteiger partial charge in [-0.1, -0.05) is 29.8 Å². The number of halogens is 1. The lowest BCUT2D eigenvalue weighted by Crippen LogP contribution is -2.54. The molecule has 5 rings (SSSR count). The summed E-state index contributed by atoms with van der Waals surface area (Å²) in [5, 5.41) is 3.76. The van der Waals surface area contributed by atoms with E-state index < -0.39 is 6.04 Å². The first-order valence-corrected chi connectivity index (χ1v) is 10.6. The minimum atomic E-state index is -0.446. The van der Waals surface area contributed by atoms with Crippen molar-refractivity contribution < 1.29 is 14.3 Å². The van der Waals surface area contributed by atoms with Crippen LogP contribution in [0.2, 0.25) is 5.02 Å². The molecule has 4 fully saturated rings. The Morgan fingerprint density at radius 1 is 1.15 bits per heavy atom. The van der Waals surface area contributed by atoms with E-state index in [0.29, 0.717) is 29.4 Å². The number of carbonyl (C=O) groups excluding carboxylic acids is 2. The van der Waals surface area contributed by atoms with E-state index in [9.17, 15) is 9.59 Å². The maximum Gasteiger partial charge on any atom is 0.308 e. The molecule has 0 radical (unpaired) electrons. The fourth-order valence-electron chi connectivity index (χ4n) is 6.08. The molecule has 0 aromatic heterocycles. The van der Waals surface area contributed by atoms with Gasteiger partial charge in [-0.25, -0.2) is 0 Å². The monoisotopic (exact) mass is 389 g/mol. The number of amides is 1. The van der Waals surface area contributed by atoms with Crippen LogP contribution in [0.25, 0.3) is 0 Å². The lowest BCUT2D eigenvalue weighted by Gasteiger charge is -2.55. The molecule has 4 saturated carbocycles. The van der Waals surface area contributed by atoms with Crippen molar-refractivity contribution in [3.05, 3.63) is 34.9 Å². The highest BCUT2D eigenvalue weighted by atomic mass is 35.5. The van der Waals surface area contributed by atoms with E-state index in [-0.39, 0.29) is 23.7 Å². The summed E-state index contributed by atoms with van der Waals surface area (Å²) in [6.07, 6.45) is 6.99. The van der Waals surface area contributed by atoms with Crippen molar-refractivity contribution in [1.82, 2.24) is 5.32 Å². The molecule has 4 bridgehead atoms. The predicted octanol–water partition coefficient (Wildman–Crippen LogP) is 4.67. The van der Waals surface area contributed by atoms with E-state index in [1.54, 1.807) is 13.0 Å². The van der Waals surface area contributed by atoms with Gasteiger partial charge in [-0.2, -0.15) is 0 Å². The van der Waals surface area contributed by atoms with Crippen molar-refractivity contribution >= 4 is 23.5 Å². The Labute approximate surface area is 166 Å². The van der Waals surface area contributed by atoms with Crippen molar-refractivity contribution in [3.63, 3.8) is 0 Å². The molecule has 1 amide bonds. The smallest absolute Gasteiger partial charge is 0.308 e. The second kappa shape index (κ2) is 7.46. The molecule has 1 atom stereocenters. The van der Waals surface area contributed by atoms with Gasteiger partial charge in [0.15, 0.2) is 0 Å². The lowest BCUT2D eigenvalue weighted by molar-refractivity contribution is -0.148. The van der Waals surface area contributed by atoms with Gasteiger partial charge in [0.05, 0.1) is 19.1 Å². The first-order chi connectivity index (χ1) is 13.0. The Kier molecular flexibility index (Phi) is 5.19. The summed E-state index contributed by atoms with van der Waals surface area (Å²) in [5.41, 5.74) is 0.536. The molecule has 4 nitrogen and oxygen atoms in total. The number of esters is 1. The van der Waals surface area contributed by atoms with Crippen molar-refractivity contribution in [1.29, 1.82) is 0 Å². The molecule has 1 aromatic carbocycles. The summed E-state index contributed by atoms with van der Waals surface area (Å²) in [4.78, 5) is 25.6. The number of hydrogen-bond donors (Lipinski definition) is 1. The molecule has 0 heterocycles. The van der Waals surface area contributed by atoms with Gasteiger partial charge in [-0.05, 0) is 74.8 Å².